The Morgan fingerprint density at radius 3 is 2.50 bits per heavy atom. The van der Waals surface area contributed by atoms with Gasteiger partial charge in [-0.25, -0.2) is 14.6 Å². The molecule has 0 radical (unpaired) electrons. The molecule has 1 aromatic carbocycles. The summed E-state index contributed by atoms with van der Waals surface area (Å²) in [5.41, 5.74) is 6.39. The largest absolute Gasteiger partial charge is 0.451 e. The second kappa shape index (κ2) is 7.81. The lowest BCUT2D eigenvalue weighted by atomic mass is 10.2. The normalized spacial score (nSPS) is 13.4. The number of carbonyl (C=O) groups excluding carboxylic acids is 4. The maximum absolute atomic E-state index is 12.7. The number of nitrogens with zero attached hydrogens (tertiary/aromatic N) is 1. The molecule has 24 heavy (non-hydrogen) atoms. The summed E-state index contributed by atoms with van der Waals surface area (Å²) in [6, 6.07) is 4.68. The fraction of sp³-hybridized carbons (Fsp3) is 0.214. The lowest BCUT2D eigenvalue weighted by Gasteiger charge is -2.11. The number of ether oxygens (including phenoxy) is 1. The van der Waals surface area contributed by atoms with Crippen LogP contribution in [0.1, 0.15) is 23.2 Å². The number of esters is 1. The number of halogens is 1. The number of amides is 3. The fourth-order valence-electron chi connectivity index (χ4n) is 1.67. The summed E-state index contributed by atoms with van der Waals surface area (Å²) < 4.78 is 17.4. The molecule has 9 nitrogen and oxygen atoms in total. The van der Waals surface area contributed by atoms with E-state index in [9.17, 15) is 23.6 Å². The minimum absolute atomic E-state index is 0.00209. The maximum Gasteiger partial charge on any atom is 0.355 e. The Morgan fingerprint density at radius 2 is 1.88 bits per heavy atom. The third-order valence-electron chi connectivity index (χ3n) is 2.90. The molecule has 10 heteroatoms. The third-order valence-corrected chi connectivity index (χ3v) is 2.90. The number of nitrogens with one attached hydrogen (secondary N) is 3. The number of hydrogen-bond donors (Lipinski definition) is 3. The number of carbonyl (C=O) groups is 4. The lowest BCUT2D eigenvalue weighted by Crippen LogP contribution is -2.44. The van der Waals surface area contributed by atoms with E-state index >= 15 is 0 Å². The molecule has 3 N–H and O–H groups in total. The maximum atomic E-state index is 12.7. The van der Waals surface area contributed by atoms with Crippen LogP contribution in [-0.2, 0) is 19.1 Å². The SMILES string of the molecule is O=C1CCC(C(=O)OCC(=O)NNC(=O)c2ccc(F)cc2)=NN1. The topological polar surface area (TPSA) is 126 Å². The van der Waals surface area contributed by atoms with Crippen LogP contribution in [0.5, 0.6) is 0 Å². The molecule has 0 atom stereocenters. The zero-order valence-electron chi connectivity index (χ0n) is 12.3. The first-order valence-corrected chi connectivity index (χ1v) is 6.83. The average molecular weight is 336 g/mol. The summed E-state index contributed by atoms with van der Waals surface area (Å²) >= 11 is 0. The molecule has 0 aliphatic carbocycles. The van der Waals surface area contributed by atoms with E-state index in [4.69, 9.17) is 4.74 Å². The zero-order chi connectivity index (χ0) is 17.5. The monoisotopic (exact) mass is 336 g/mol. The van der Waals surface area contributed by atoms with Crippen molar-refractivity contribution in [3.63, 3.8) is 0 Å². The van der Waals surface area contributed by atoms with Crippen LogP contribution in [0.4, 0.5) is 4.39 Å². The van der Waals surface area contributed by atoms with E-state index < -0.39 is 30.2 Å². The van der Waals surface area contributed by atoms with E-state index in [1.807, 2.05) is 5.43 Å². The van der Waals surface area contributed by atoms with Gasteiger partial charge in [-0.2, -0.15) is 5.10 Å². The molecule has 0 fully saturated rings. The van der Waals surface area contributed by atoms with Crippen LogP contribution in [0.15, 0.2) is 29.4 Å². The summed E-state index contributed by atoms with van der Waals surface area (Å²) in [6.07, 6.45) is 0.224. The second-order valence-electron chi connectivity index (χ2n) is 4.68. The highest BCUT2D eigenvalue weighted by molar-refractivity contribution is 6.37. The predicted molar refractivity (Wildman–Crippen MR) is 77.8 cm³/mol. The van der Waals surface area contributed by atoms with Gasteiger partial charge in [0.05, 0.1) is 0 Å². The van der Waals surface area contributed by atoms with Crippen molar-refractivity contribution in [3.05, 3.63) is 35.6 Å². The summed E-state index contributed by atoms with van der Waals surface area (Å²) in [6.45, 7) is -0.643. The number of rotatable bonds is 4. The highest BCUT2D eigenvalue weighted by Crippen LogP contribution is 2.02. The minimum atomic E-state index is -0.838. The van der Waals surface area contributed by atoms with Crippen molar-refractivity contribution in [3.8, 4) is 0 Å². The molecule has 1 heterocycles. The van der Waals surface area contributed by atoms with Crippen LogP contribution in [0.3, 0.4) is 0 Å². The summed E-state index contributed by atoms with van der Waals surface area (Å²) in [4.78, 5) is 45.6. The Bertz CT molecular complexity index is 702. The molecular formula is C14H13FN4O5. The summed E-state index contributed by atoms with van der Waals surface area (Å²) in [5.74, 6) is -3.08. The molecule has 2 rings (SSSR count). The van der Waals surface area contributed by atoms with E-state index in [2.05, 4.69) is 16.0 Å². The van der Waals surface area contributed by atoms with Gasteiger partial charge in [0, 0.05) is 18.4 Å². The molecule has 0 saturated carbocycles. The van der Waals surface area contributed by atoms with Gasteiger partial charge in [-0.1, -0.05) is 0 Å². The van der Waals surface area contributed by atoms with Crippen LogP contribution < -0.4 is 16.3 Å². The van der Waals surface area contributed by atoms with Gasteiger partial charge >= 0.3 is 5.97 Å². The van der Waals surface area contributed by atoms with Gasteiger partial charge in [0.15, 0.2) is 6.61 Å². The first-order valence-electron chi connectivity index (χ1n) is 6.83. The average Bonchev–Trinajstić information content (AvgIpc) is 2.58. The Balaban J connectivity index is 1.73. The third kappa shape index (κ3) is 4.87. The van der Waals surface area contributed by atoms with E-state index in [0.29, 0.717) is 0 Å². The molecule has 1 aliphatic rings. The summed E-state index contributed by atoms with van der Waals surface area (Å²) in [7, 11) is 0. The van der Waals surface area contributed by atoms with Crippen LogP contribution in [-0.4, -0.2) is 36.0 Å². The highest BCUT2D eigenvalue weighted by atomic mass is 19.1. The van der Waals surface area contributed by atoms with Gasteiger partial charge in [0.1, 0.15) is 11.5 Å². The van der Waals surface area contributed by atoms with Gasteiger partial charge in [-0.3, -0.25) is 25.2 Å². The van der Waals surface area contributed by atoms with Crippen molar-refractivity contribution in [2.24, 2.45) is 5.10 Å². The Hall–Kier alpha value is -3.30. The van der Waals surface area contributed by atoms with Gasteiger partial charge in [0.2, 0.25) is 5.91 Å². The van der Waals surface area contributed by atoms with Crippen molar-refractivity contribution in [2.75, 3.05) is 6.61 Å². The fourth-order valence-corrected chi connectivity index (χ4v) is 1.67. The second-order valence-corrected chi connectivity index (χ2v) is 4.68. The molecule has 1 aliphatic heterocycles. The molecule has 0 spiro atoms. The zero-order valence-corrected chi connectivity index (χ0v) is 12.3. The Labute approximate surface area is 135 Å². The van der Waals surface area contributed by atoms with Gasteiger partial charge in [0.25, 0.3) is 11.8 Å². The quantitative estimate of drug-likeness (QED) is 0.500. The molecule has 0 bridgehead atoms. The van der Waals surface area contributed by atoms with Gasteiger partial charge < -0.3 is 4.74 Å². The van der Waals surface area contributed by atoms with E-state index in [1.54, 1.807) is 0 Å². The molecule has 3 amide bonds. The van der Waals surface area contributed by atoms with Crippen molar-refractivity contribution < 1.29 is 28.3 Å². The number of hydrogen-bond acceptors (Lipinski definition) is 6. The Kier molecular flexibility index (Phi) is 5.55. The highest BCUT2D eigenvalue weighted by Gasteiger charge is 2.20. The van der Waals surface area contributed by atoms with Crippen molar-refractivity contribution in [2.45, 2.75) is 12.8 Å². The van der Waals surface area contributed by atoms with Gasteiger partial charge in [-0.15, -0.1) is 0 Å². The van der Waals surface area contributed by atoms with Crippen LogP contribution in [0, 0.1) is 5.82 Å². The molecule has 0 saturated heterocycles. The van der Waals surface area contributed by atoms with Crippen molar-refractivity contribution in [1.82, 2.24) is 16.3 Å². The lowest BCUT2D eigenvalue weighted by molar-refractivity contribution is -0.142. The molecule has 126 valence electrons. The first-order chi connectivity index (χ1) is 11.5. The smallest absolute Gasteiger partial charge is 0.355 e. The van der Waals surface area contributed by atoms with E-state index in [0.717, 1.165) is 12.1 Å². The standard InChI is InChI=1S/C14H13FN4O5/c15-9-3-1-8(2-4-9)13(22)19-18-12(21)7-24-14(23)10-5-6-11(20)17-16-10/h1-4H,5-7H2,(H,17,20)(H,18,21)(H,19,22). The number of hydrazine groups is 1. The Morgan fingerprint density at radius 1 is 1.17 bits per heavy atom. The number of benzene rings is 1. The molecule has 1 aromatic rings. The summed E-state index contributed by atoms with van der Waals surface area (Å²) in [5, 5.41) is 3.52. The van der Waals surface area contributed by atoms with Crippen LogP contribution in [0.2, 0.25) is 0 Å². The molecular weight excluding hydrogens is 323 g/mol. The van der Waals surface area contributed by atoms with Crippen molar-refractivity contribution in [1.29, 1.82) is 0 Å². The molecule has 0 aromatic heterocycles. The van der Waals surface area contributed by atoms with Crippen LogP contribution >= 0.6 is 0 Å². The van der Waals surface area contributed by atoms with E-state index in [-0.39, 0.29) is 30.0 Å². The van der Waals surface area contributed by atoms with Crippen molar-refractivity contribution >= 4 is 29.4 Å². The van der Waals surface area contributed by atoms with E-state index in [1.165, 1.54) is 12.1 Å². The first kappa shape index (κ1) is 17.1. The minimum Gasteiger partial charge on any atom is -0.451 e. The predicted octanol–water partition coefficient (Wildman–Crippen LogP) is -0.604. The number of hydrazone groups is 1. The van der Waals surface area contributed by atoms with Crippen LogP contribution in [0.25, 0.3) is 0 Å². The molecule has 0 unspecified atom stereocenters. The van der Waals surface area contributed by atoms with Gasteiger partial charge in [-0.05, 0) is 24.3 Å².